The van der Waals surface area contributed by atoms with Crippen molar-refractivity contribution in [3.8, 4) is 5.75 Å². The number of benzene rings is 2. The van der Waals surface area contributed by atoms with Gasteiger partial charge in [0.05, 0.1) is 26.7 Å². The molecule has 0 heterocycles. The Morgan fingerprint density at radius 2 is 1.88 bits per heavy atom. The summed E-state index contributed by atoms with van der Waals surface area (Å²) < 4.78 is 9.87. The molecule has 0 aliphatic carbocycles. The number of esters is 1. The third-order valence-electron chi connectivity index (χ3n) is 3.77. The third-order valence-corrected chi connectivity index (χ3v) is 4.12. The highest BCUT2D eigenvalue weighted by Gasteiger charge is 2.21. The number of halogens is 1. The molecule has 0 spiro atoms. The lowest BCUT2D eigenvalue weighted by atomic mass is 10.0. The third kappa shape index (κ3) is 5.67. The largest absolute Gasteiger partial charge is 0.497 e. The molecular formula is C19H21ClN2O4. The Morgan fingerprint density at radius 1 is 1.12 bits per heavy atom. The van der Waals surface area contributed by atoms with E-state index in [4.69, 9.17) is 21.1 Å². The van der Waals surface area contributed by atoms with Crippen molar-refractivity contribution < 1.29 is 19.1 Å². The quantitative estimate of drug-likeness (QED) is 0.725. The number of hydrogen-bond donors (Lipinski definition) is 2. The predicted octanol–water partition coefficient (Wildman–Crippen LogP) is 3.45. The molecule has 0 aromatic heterocycles. The van der Waals surface area contributed by atoms with Crippen LogP contribution in [-0.2, 0) is 16.1 Å². The van der Waals surface area contributed by atoms with Gasteiger partial charge in [-0.3, -0.25) is 4.79 Å². The van der Waals surface area contributed by atoms with Crippen LogP contribution in [0, 0.1) is 0 Å². The minimum Gasteiger partial charge on any atom is -0.497 e. The van der Waals surface area contributed by atoms with Crippen molar-refractivity contribution in [3.63, 3.8) is 0 Å². The van der Waals surface area contributed by atoms with Gasteiger partial charge in [0, 0.05) is 11.6 Å². The first-order valence-corrected chi connectivity index (χ1v) is 8.39. The molecule has 0 radical (unpaired) electrons. The summed E-state index contributed by atoms with van der Waals surface area (Å²) in [6.45, 7) is 0.316. The fraction of sp³-hybridized carbons (Fsp3) is 0.263. The van der Waals surface area contributed by atoms with Gasteiger partial charge in [0.25, 0.3) is 0 Å². The maximum absolute atomic E-state index is 12.3. The lowest BCUT2D eigenvalue weighted by molar-refractivity contribution is -0.141. The van der Waals surface area contributed by atoms with E-state index in [-0.39, 0.29) is 6.42 Å². The summed E-state index contributed by atoms with van der Waals surface area (Å²) in [7, 11) is 2.88. The van der Waals surface area contributed by atoms with Crippen molar-refractivity contribution in [2.24, 2.45) is 0 Å². The van der Waals surface area contributed by atoms with Crippen LogP contribution in [0.3, 0.4) is 0 Å². The van der Waals surface area contributed by atoms with E-state index in [2.05, 4.69) is 10.6 Å². The molecule has 0 aliphatic rings. The van der Waals surface area contributed by atoms with Gasteiger partial charge < -0.3 is 20.1 Å². The van der Waals surface area contributed by atoms with Crippen molar-refractivity contribution in [2.75, 3.05) is 14.2 Å². The maximum atomic E-state index is 12.3. The number of carbonyl (C=O) groups excluding carboxylic acids is 2. The average molecular weight is 377 g/mol. The molecule has 0 aliphatic heterocycles. The highest BCUT2D eigenvalue weighted by molar-refractivity contribution is 6.31. The lowest BCUT2D eigenvalue weighted by Gasteiger charge is -2.19. The SMILES string of the molecule is COC(=O)CC(NC(=O)NCc1cccc(OC)c1)c1ccccc1Cl. The number of carbonyl (C=O) groups is 2. The van der Waals surface area contributed by atoms with Crippen molar-refractivity contribution in [2.45, 2.75) is 19.0 Å². The summed E-state index contributed by atoms with van der Waals surface area (Å²) >= 11 is 6.20. The number of amides is 2. The van der Waals surface area contributed by atoms with Crippen molar-refractivity contribution >= 4 is 23.6 Å². The summed E-state index contributed by atoms with van der Waals surface area (Å²) in [4.78, 5) is 24.0. The normalized spacial score (nSPS) is 11.3. The summed E-state index contributed by atoms with van der Waals surface area (Å²) in [6.07, 6.45) is -0.0210. The van der Waals surface area contributed by atoms with Crippen LogP contribution >= 0.6 is 11.6 Å². The summed E-state index contributed by atoms with van der Waals surface area (Å²) in [5.41, 5.74) is 1.54. The lowest BCUT2D eigenvalue weighted by Crippen LogP contribution is -2.38. The van der Waals surface area contributed by atoms with E-state index >= 15 is 0 Å². The summed E-state index contributed by atoms with van der Waals surface area (Å²) in [5, 5.41) is 6.00. The van der Waals surface area contributed by atoms with Gasteiger partial charge in [0.1, 0.15) is 5.75 Å². The van der Waals surface area contributed by atoms with Crippen LogP contribution in [0.15, 0.2) is 48.5 Å². The van der Waals surface area contributed by atoms with E-state index in [0.29, 0.717) is 22.9 Å². The predicted molar refractivity (Wildman–Crippen MR) is 99.2 cm³/mol. The molecule has 26 heavy (non-hydrogen) atoms. The molecule has 1 unspecified atom stereocenters. The van der Waals surface area contributed by atoms with E-state index in [1.54, 1.807) is 31.4 Å². The smallest absolute Gasteiger partial charge is 0.315 e. The maximum Gasteiger partial charge on any atom is 0.315 e. The Kier molecular flexibility index (Phi) is 7.29. The minimum absolute atomic E-state index is 0.0210. The van der Waals surface area contributed by atoms with Crippen LogP contribution in [0.1, 0.15) is 23.6 Å². The van der Waals surface area contributed by atoms with Gasteiger partial charge in [0.2, 0.25) is 0 Å². The second kappa shape index (κ2) is 9.68. The number of ether oxygens (including phenoxy) is 2. The first kappa shape index (κ1) is 19.6. The van der Waals surface area contributed by atoms with Gasteiger partial charge in [-0.2, -0.15) is 0 Å². The molecule has 0 saturated carbocycles. The second-order valence-electron chi connectivity index (χ2n) is 5.53. The first-order valence-electron chi connectivity index (χ1n) is 8.02. The molecule has 6 nitrogen and oxygen atoms in total. The monoisotopic (exact) mass is 376 g/mol. The molecule has 0 saturated heterocycles. The molecule has 0 bridgehead atoms. The Hall–Kier alpha value is -2.73. The van der Waals surface area contributed by atoms with Crippen molar-refractivity contribution in [1.82, 2.24) is 10.6 Å². The zero-order valence-electron chi connectivity index (χ0n) is 14.6. The summed E-state index contributed by atoms with van der Waals surface area (Å²) in [6, 6.07) is 13.4. The standard InChI is InChI=1S/C19H21ClN2O4/c1-25-14-7-5-6-13(10-14)12-21-19(24)22-17(11-18(23)26-2)15-8-3-4-9-16(15)20/h3-10,17H,11-12H2,1-2H3,(H2,21,22,24). The Bertz CT molecular complexity index is 767. The highest BCUT2D eigenvalue weighted by atomic mass is 35.5. The number of hydrogen-bond acceptors (Lipinski definition) is 4. The highest BCUT2D eigenvalue weighted by Crippen LogP contribution is 2.25. The molecule has 1 atom stereocenters. The van der Waals surface area contributed by atoms with E-state index in [1.165, 1.54) is 7.11 Å². The molecule has 2 rings (SSSR count). The fourth-order valence-corrected chi connectivity index (χ4v) is 2.69. The second-order valence-corrected chi connectivity index (χ2v) is 5.94. The Morgan fingerprint density at radius 3 is 2.58 bits per heavy atom. The topological polar surface area (TPSA) is 76.7 Å². The molecule has 2 N–H and O–H groups in total. The van der Waals surface area contributed by atoms with E-state index < -0.39 is 18.0 Å². The van der Waals surface area contributed by atoms with Gasteiger partial charge in [0.15, 0.2) is 0 Å². The Balaban J connectivity index is 2.03. The van der Waals surface area contributed by atoms with Gasteiger partial charge >= 0.3 is 12.0 Å². The molecule has 2 aromatic carbocycles. The summed E-state index contributed by atoms with van der Waals surface area (Å²) in [5.74, 6) is 0.271. The zero-order valence-corrected chi connectivity index (χ0v) is 15.4. The minimum atomic E-state index is -0.596. The van der Waals surface area contributed by atoms with Crippen LogP contribution in [0.2, 0.25) is 5.02 Å². The number of nitrogens with one attached hydrogen (secondary N) is 2. The fourth-order valence-electron chi connectivity index (χ4n) is 2.42. The van der Waals surface area contributed by atoms with Crippen molar-refractivity contribution in [3.05, 3.63) is 64.7 Å². The molecule has 7 heteroatoms. The van der Waals surface area contributed by atoms with Gasteiger partial charge in [-0.15, -0.1) is 0 Å². The van der Waals surface area contributed by atoms with Crippen LogP contribution in [0.5, 0.6) is 5.75 Å². The van der Waals surface area contributed by atoms with Crippen LogP contribution in [0.25, 0.3) is 0 Å². The van der Waals surface area contributed by atoms with E-state index in [0.717, 1.165) is 5.56 Å². The van der Waals surface area contributed by atoms with Crippen LogP contribution < -0.4 is 15.4 Å². The average Bonchev–Trinajstić information content (AvgIpc) is 2.66. The van der Waals surface area contributed by atoms with E-state index in [9.17, 15) is 9.59 Å². The van der Waals surface area contributed by atoms with Crippen LogP contribution in [0.4, 0.5) is 4.79 Å². The number of rotatable bonds is 7. The Labute approximate surface area is 157 Å². The first-order chi connectivity index (χ1) is 12.5. The molecule has 0 fully saturated rings. The number of methoxy groups -OCH3 is 2. The van der Waals surface area contributed by atoms with E-state index in [1.807, 2.05) is 24.3 Å². The van der Waals surface area contributed by atoms with Crippen LogP contribution in [-0.4, -0.2) is 26.2 Å². The molecule has 2 aromatic rings. The zero-order chi connectivity index (χ0) is 18.9. The molecule has 2 amide bonds. The van der Waals surface area contributed by atoms with Crippen molar-refractivity contribution in [1.29, 1.82) is 0 Å². The van der Waals surface area contributed by atoms with Gasteiger partial charge in [-0.05, 0) is 29.3 Å². The van der Waals surface area contributed by atoms with Gasteiger partial charge in [-0.1, -0.05) is 41.9 Å². The molecule has 138 valence electrons. The molecular weight excluding hydrogens is 356 g/mol. The van der Waals surface area contributed by atoms with Gasteiger partial charge in [-0.25, -0.2) is 4.79 Å². The number of urea groups is 1.